The molecule has 0 aromatic heterocycles. The number of aliphatic hydroxyl groups excluding tert-OH is 3. The van der Waals surface area contributed by atoms with Crippen LogP contribution in [0.15, 0.2) is 18.2 Å². The van der Waals surface area contributed by atoms with Crippen LogP contribution in [0.25, 0.3) is 0 Å². The van der Waals surface area contributed by atoms with Gasteiger partial charge in [-0.05, 0) is 6.42 Å². The molecule has 0 heterocycles. The normalized spacial score (nSPS) is 10.0. The Morgan fingerprint density at radius 2 is 1.38 bits per heavy atom. The fraction of sp³-hybridized carbons (Fsp3) is 0.500. The van der Waals surface area contributed by atoms with Gasteiger partial charge >= 0.3 is 25.7 Å². The Hall–Kier alpha value is -0.471. The van der Waals surface area contributed by atoms with Crippen molar-refractivity contribution in [3.63, 3.8) is 0 Å². The molecule has 0 aliphatic heterocycles. The van der Waals surface area contributed by atoms with Crippen LogP contribution in [0.4, 0.5) is 0 Å². The van der Waals surface area contributed by atoms with Crippen LogP contribution in [-0.2, 0) is 26.7 Å². The molecule has 0 saturated heterocycles. The first-order chi connectivity index (χ1) is 10.5. The third kappa shape index (κ3) is 33.2. The van der Waals surface area contributed by atoms with Crippen LogP contribution in [0.2, 0.25) is 0 Å². The van der Waals surface area contributed by atoms with Crippen molar-refractivity contribution in [1.29, 1.82) is 0 Å². The third-order valence-electron chi connectivity index (χ3n) is 2.34. The minimum Gasteiger partial charge on any atom is -0.396 e. The summed E-state index contributed by atoms with van der Waals surface area (Å²) in [6.45, 7) is 5.35. The van der Waals surface area contributed by atoms with Crippen molar-refractivity contribution >= 4 is 22.2 Å². The number of aliphatic hydroxyl groups is 3. The molecule has 0 atom stereocenters. The van der Waals surface area contributed by atoms with Gasteiger partial charge in [0.05, 0.1) is 19.8 Å². The van der Waals surface area contributed by atoms with E-state index in [0.717, 1.165) is 6.42 Å². The second-order valence-corrected chi connectivity index (χ2v) is 4.14. The van der Waals surface area contributed by atoms with E-state index in [0.29, 0.717) is 6.42 Å². The zero-order valence-corrected chi connectivity index (χ0v) is 16.1. The van der Waals surface area contributed by atoms with Crippen LogP contribution in [0, 0.1) is 18.9 Å². The quantitative estimate of drug-likeness (QED) is 0.213. The molecule has 1 aliphatic carbocycles. The monoisotopic (exact) mass is 411 g/mol. The van der Waals surface area contributed by atoms with Crippen molar-refractivity contribution in [3.05, 3.63) is 31.7 Å². The van der Waals surface area contributed by atoms with Crippen molar-refractivity contribution < 1.29 is 56.7 Å². The number of allylic oxidation sites excluding steroid dienone is 4. The van der Waals surface area contributed by atoms with E-state index in [-0.39, 0.29) is 44.3 Å². The smallest absolute Gasteiger partial charge is 0.396 e. The van der Waals surface area contributed by atoms with Crippen LogP contribution in [-0.4, -0.2) is 63.4 Å². The van der Waals surface area contributed by atoms with Crippen LogP contribution in [0.1, 0.15) is 19.8 Å². The molecule has 1 aliphatic rings. The first-order valence-corrected chi connectivity index (χ1v) is 7.16. The van der Waals surface area contributed by atoms with Gasteiger partial charge in [0.1, 0.15) is 13.6 Å². The van der Waals surface area contributed by atoms with E-state index in [4.69, 9.17) is 39.6 Å². The molecule has 0 amide bonds. The van der Waals surface area contributed by atoms with E-state index in [2.05, 4.69) is 12.2 Å². The SMILES string of the molecule is C=O.C=O.CCC(CO)(CO)CO.OP(O)O.[C-]1=CC=CC1.[CH3-].[Mn+2]. The van der Waals surface area contributed by atoms with E-state index in [1.807, 2.05) is 32.7 Å². The van der Waals surface area contributed by atoms with Crippen LogP contribution < -0.4 is 0 Å². The van der Waals surface area contributed by atoms with Gasteiger partial charge in [0.2, 0.25) is 0 Å². The van der Waals surface area contributed by atoms with Crippen molar-refractivity contribution in [3.8, 4) is 0 Å². The van der Waals surface area contributed by atoms with Crippen molar-refractivity contribution in [2.24, 2.45) is 5.41 Å². The molecule has 0 unspecified atom stereocenters. The van der Waals surface area contributed by atoms with Gasteiger partial charge in [-0.2, -0.15) is 6.08 Å². The summed E-state index contributed by atoms with van der Waals surface area (Å²) in [4.78, 5) is 37.7. The molecule has 24 heavy (non-hydrogen) atoms. The van der Waals surface area contributed by atoms with Gasteiger partial charge in [0.25, 0.3) is 0 Å². The maximum atomic E-state index is 8.66. The molecule has 0 spiro atoms. The fourth-order valence-corrected chi connectivity index (χ4v) is 0.826. The van der Waals surface area contributed by atoms with Gasteiger partial charge in [-0.3, -0.25) is 6.08 Å². The number of rotatable bonds is 4. The summed E-state index contributed by atoms with van der Waals surface area (Å²) in [5.74, 6) is 0. The van der Waals surface area contributed by atoms with Gasteiger partial charge in [-0.1, -0.05) is 6.92 Å². The van der Waals surface area contributed by atoms with Crippen LogP contribution in [0.3, 0.4) is 0 Å². The second kappa shape index (κ2) is 34.0. The molecule has 0 bridgehead atoms. The predicted octanol–water partition coefficient (Wildman–Crippen LogP) is -0.0664. The zero-order valence-electron chi connectivity index (χ0n) is 14.0. The number of hydrogen-bond donors (Lipinski definition) is 6. The van der Waals surface area contributed by atoms with Crippen LogP contribution in [0.5, 0.6) is 0 Å². The Morgan fingerprint density at radius 1 is 1.04 bits per heavy atom. The molecule has 6 N–H and O–H groups in total. The van der Waals surface area contributed by atoms with Crippen LogP contribution >= 0.6 is 8.60 Å². The maximum Gasteiger partial charge on any atom is 2.00 e. The van der Waals surface area contributed by atoms with E-state index in [9.17, 15) is 0 Å². The standard InChI is InChI=1S/C6H14O3.C5H5.2CH2O.CH3.Mn.H3O3P/c1-2-6(3-7,4-8)5-9;1-2-4-5-3-1;2*1-2;;;1-4(2)3/h7-9H,2-5H2,1H3;1-3H,4H2;2*1H2;1H3;;1-3H/q;-1;;;-1;+2;. The topological polar surface area (TPSA) is 156 Å². The Morgan fingerprint density at radius 3 is 1.42 bits per heavy atom. The van der Waals surface area contributed by atoms with E-state index >= 15 is 0 Å². The summed E-state index contributed by atoms with van der Waals surface area (Å²) < 4.78 is 0. The average molecular weight is 411 g/mol. The molecular weight excluding hydrogens is 382 g/mol. The average Bonchev–Trinajstić information content (AvgIpc) is 3.13. The van der Waals surface area contributed by atoms with E-state index in [1.54, 1.807) is 0 Å². The summed E-state index contributed by atoms with van der Waals surface area (Å²) in [5.41, 5.74) is -0.667. The molecule has 0 aromatic carbocycles. The predicted molar refractivity (Wildman–Crippen MR) is 89.8 cm³/mol. The van der Waals surface area contributed by atoms with Crippen molar-refractivity contribution in [2.45, 2.75) is 19.8 Å². The molecule has 145 valence electrons. The molecule has 1 rings (SSSR count). The summed E-state index contributed by atoms with van der Waals surface area (Å²) in [6, 6.07) is 0. The zero-order chi connectivity index (χ0) is 18.4. The fourth-order valence-electron chi connectivity index (χ4n) is 0.826. The summed E-state index contributed by atoms with van der Waals surface area (Å²) >= 11 is 0. The Kier molecular flexibility index (Phi) is 55.0. The minimum atomic E-state index is -2.62. The summed E-state index contributed by atoms with van der Waals surface area (Å²) in [6.07, 6.45) is 10.6. The van der Waals surface area contributed by atoms with E-state index in [1.165, 1.54) is 0 Å². The summed E-state index contributed by atoms with van der Waals surface area (Å²) in [5, 5.41) is 26.0. The maximum absolute atomic E-state index is 8.66. The molecule has 0 saturated carbocycles. The largest absolute Gasteiger partial charge is 2.00 e. The molecular formula is C14H29MnO8P. The molecule has 0 fully saturated rings. The number of hydrogen-bond acceptors (Lipinski definition) is 8. The Labute approximate surface area is 156 Å². The Bertz CT molecular complexity index is 229. The number of carbonyl (C=O) groups excluding carboxylic acids is 2. The van der Waals surface area contributed by atoms with Gasteiger partial charge < -0.3 is 47.0 Å². The van der Waals surface area contributed by atoms with E-state index < -0.39 is 14.0 Å². The van der Waals surface area contributed by atoms with Gasteiger partial charge in [0.15, 0.2) is 0 Å². The Balaban J connectivity index is -0.0000000467. The minimum absolute atomic E-state index is 0. The molecule has 8 nitrogen and oxygen atoms in total. The first-order valence-electron chi connectivity index (χ1n) is 5.96. The number of carbonyl (C=O) groups is 2. The first kappa shape index (κ1) is 38.9. The van der Waals surface area contributed by atoms with Crippen molar-refractivity contribution in [2.75, 3.05) is 19.8 Å². The molecule has 10 heteroatoms. The van der Waals surface area contributed by atoms with Gasteiger partial charge in [0, 0.05) is 5.41 Å². The van der Waals surface area contributed by atoms with Crippen molar-refractivity contribution in [1.82, 2.24) is 0 Å². The third-order valence-corrected chi connectivity index (χ3v) is 2.34. The van der Waals surface area contributed by atoms with Gasteiger partial charge in [-0.25, -0.2) is 12.2 Å². The molecule has 1 radical (unpaired) electrons. The molecule has 0 aromatic rings. The van der Waals surface area contributed by atoms with Gasteiger partial charge in [-0.15, -0.1) is 6.42 Å². The second-order valence-electron chi connectivity index (χ2n) is 3.60. The summed E-state index contributed by atoms with van der Waals surface area (Å²) in [7, 11) is -2.62.